The van der Waals surface area contributed by atoms with E-state index in [9.17, 15) is 8.42 Å². The first-order valence-electron chi connectivity index (χ1n) is 5.05. The van der Waals surface area contributed by atoms with E-state index in [-0.39, 0.29) is 17.6 Å². The Balaban J connectivity index is 2.09. The van der Waals surface area contributed by atoms with Gasteiger partial charge in [0.15, 0.2) is 9.84 Å². The van der Waals surface area contributed by atoms with E-state index >= 15 is 0 Å². The van der Waals surface area contributed by atoms with Crippen LogP contribution in [0.2, 0.25) is 0 Å². The summed E-state index contributed by atoms with van der Waals surface area (Å²) in [5.74, 6) is 0.490. The van der Waals surface area contributed by atoms with Gasteiger partial charge >= 0.3 is 0 Å². The number of sulfone groups is 1. The molecule has 1 rings (SSSR count). The van der Waals surface area contributed by atoms with Gasteiger partial charge in [-0.3, -0.25) is 0 Å². The lowest BCUT2D eigenvalue weighted by Gasteiger charge is -2.11. The molecule has 1 saturated heterocycles. The lowest BCUT2D eigenvalue weighted by molar-refractivity contribution is 0.0721. The molecule has 1 unspecified atom stereocenters. The van der Waals surface area contributed by atoms with E-state index in [0.29, 0.717) is 19.1 Å². The first-order chi connectivity index (χ1) is 6.49. The summed E-state index contributed by atoms with van der Waals surface area (Å²) in [6.07, 6.45) is 0.582. The zero-order chi connectivity index (χ0) is 10.6. The molecule has 0 aromatic heterocycles. The molecular formula is C9H19NO3S. The van der Waals surface area contributed by atoms with Gasteiger partial charge in [-0.15, -0.1) is 0 Å². The molecule has 0 amide bonds. The predicted octanol–water partition coefficient (Wildman–Crippen LogP) is 0.188. The van der Waals surface area contributed by atoms with Crippen molar-refractivity contribution in [1.82, 2.24) is 5.32 Å². The molecule has 14 heavy (non-hydrogen) atoms. The highest BCUT2D eigenvalue weighted by Crippen LogP contribution is 2.14. The summed E-state index contributed by atoms with van der Waals surface area (Å²) in [4.78, 5) is 0. The van der Waals surface area contributed by atoms with Crippen LogP contribution in [-0.2, 0) is 14.6 Å². The van der Waals surface area contributed by atoms with Crippen LogP contribution in [0.15, 0.2) is 0 Å². The summed E-state index contributed by atoms with van der Waals surface area (Å²) in [6.45, 7) is 5.52. The molecule has 1 N–H and O–H groups in total. The van der Waals surface area contributed by atoms with Crippen LogP contribution in [0, 0.1) is 0 Å². The molecule has 1 aliphatic heterocycles. The Morgan fingerprint density at radius 3 is 2.71 bits per heavy atom. The summed E-state index contributed by atoms with van der Waals surface area (Å²) in [7, 11) is -2.79. The Bertz CT molecular complexity index is 261. The van der Waals surface area contributed by atoms with Gasteiger partial charge in [-0.1, -0.05) is 13.8 Å². The van der Waals surface area contributed by atoms with Crippen LogP contribution in [0.4, 0.5) is 0 Å². The molecule has 0 aromatic carbocycles. The van der Waals surface area contributed by atoms with Crippen LogP contribution in [0.25, 0.3) is 0 Å². The van der Waals surface area contributed by atoms with Crippen molar-refractivity contribution in [3.05, 3.63) is 0 Å². The Hall–Kier alpha value is -0.130. The third-order valence-electron chi connectivity index (χ3n) is 2.20. The Morgan fingerprint density at radius 1 is 1.50 bits per heavy atom. The molecule has 1 atom stereocenters. The second-order valence-electron chi connectivity index (χ2n) is 4.00. The van der Waals surface area contributed by atoms with E-state index in [2.05, 4.69) is 19.2 Å². The second kappa shape index (κ2) is 5.09. The van der Waals surface area contributed by atoms with E-state index in [1.807, 2.05) is 0 Å². The van der Waals surface area contributed by atoms with E-state index in [4.69, 9.17) is 4.74 Å². The molecule has 1 heterocycles. The number of hydrogen-bond acceptors (Lipinski definition) is 4. The standard InChI is InChI=1S/C9H19NO3S/c1-8(2)10-4-5-13-9-3-6-14(11,12)7-9/h8-10H,3-7H2,1-2H3. The Morgan fingerprint density at radius 2 is 2.21 bits per heavy atom. The van der Waals surface area contributed by atoms with Crippen molar-refractivity contribution in [3.8, 4) is 0 Å². The lowest BCUT2D eigenvalue weighted by Crippen LogP contribution is -2.28. The van der Waals surface area contributed by atoms with Crippen molar-refractivity contribution in [2.45, 2.75) is 32.4 Å². The predicted molar refractivity (Wildman–Crippen MR) is 56.1 cm³/mol. The molecule has 0 bridgehead atoms. The van der Waals surface area contributed by atoms with Crippen molar-refractivity contribution in [2.75, 3.05) is 24.7 Å². The summed E-state index contributed by atoms with van der Waals surface area (Å²) in [5.41, 5.74) is 0. The number of nitrogens with one attached hydrogen (secondary N) is 1. The zero-order valence-corrected chi connectivity index (χ0v) is 9.64. The van der Waals surface area contributed by atoms with Gasteiger partial charge in [-0.2, -0.15) is 0 Å². The average Bonchev–Trinajstić information content (AvgIpc) is 2.39. The smallest absolute Gasteiger partial charge is 0.152 e. The van der Waals surface area contributed by atoms with E-state index in [0.717, 1.165) is 6.54 Å². The maximum atomic E-state index is 11.1. The molecular weight excluding hydrogens is 202 g/mol. The highest BCUT2D eigenvalue weighted by atomic mass is 32.2. The van der Waals surface area contributed by atoms with Gasteiger partial charge < -0.3 is 10.1 Å². The highest BCUT2D eigenvalue weighted by molar-refractivity contribution is 7.91. The summed E-state index contributed by atoms with van der Waals surface area (Å²) < 4.78 is 27.6. The molecule has 0 aromatic rings. The molecule has 0 saturated carbocycles. The monoisotopic (exact) mass is 221 g/mol. The van der Waals surface area contributed by atoms with Crippen LogP contribution in [0.1, 0.15) is 20.3 Å². The molecule has 84 valence electrons. The number of hydrogen-bond donors (Lipinski definition) is 1. The molecule has 4 nitrogen and oxygen atoms in total. The topological polar surface area (TPSA) is 55.4 Å². The maximum absolute atomic E-state index is 11.1. The maximum Gasteiger partial charge on any atom is 0.152 e. The fourth-order valence-electron chi connectivity index (χ4n) is 1.47. The van der Waals surface area contributed by atoms with E-state index in [1.165, 1.54) is 0 Å². The van der Waals surface area contributed by atoms with Crippen molar-refractivity contribution >= 4 is 9.84 Å². The zero-order valence-electron chi connectivity index (χ0n) is 8.82. The fraction of sp³-hybridized carbons (Fsp3) is 1.00. The summed E-state index contributed by atoms with van der Waals surface area (Å²) >= 11 is 0. The molecule has 0 spiro atoms. The van der Waals surface area contributed by atoms with Crippen LogP contribution >= 0.6 is 0 Å². The highest BCUT2D eigenvalue weighted by Gasteiger charge is 2.28. The minimum absolute atomic E-state index is 0.0750. The van der Waals surface area contributed by atoms with Gasteiger partial charge in [0.05, 0.1) is 24.2 Å². The van der Waals surface area contributed by atoms with Gasteiger partial charge in [0, 0.05) is 12.6 Å². The average molecular weight is 221 g/mol. The largest absolute Gasteiger partial charge is 0.376 e. The second-order valence-corrected chi connectivity index (χ2v) is 6.23. The Kier molecular flexibility index (Phi) is 4.34. The van der Waals surface area contributed by atoms with Gasteiger partial charge in [-0.05, 0) is 6.42 Å². The third-order valence-corrected chi connectivity index (χ3v) is 3.94. The quantitative estimate of drug-likeness (QED) is 0.673. The van der Waals surface area contributed by atoms with Gasteiger partial charge in [0.2, 0.25) is 0 Å². The SMILES string of the molecule is CC(C)NCCOC1CCS(=O)(=O)C1. The minimum atomic E-state index is -2.79. The molecule has 5 heteroatoms. The molecule has 1 aliphatic rings. The third kappa shape index (κ3) is 4.39. The first kappa shape index (κ1) is 11.9. The molecule has 0 radical (unpaired) electrons. The van der Waals surface area contributed by atoms with Gasteiger partial charge in [0.1, 0.15) is 0 Å². The minimum Gasteiger partial charge on any atom is -0.376 e. The summed E-state index contributed by atoms with van der Waals surface area (Å²) in [6, 6.07) is 0.450. The van der Waals surface area contributed by atoms with Crippen LogP contribution in [0.3, 0.4) is 0 Å². The van der Waals surface area contributed by atoms with E-state index in [1.54, 1.807) is 0 Å². The normalized spacial score (nSPS) is 25.8. The fourth-order valence-corrected chi connectivity index (χ4v) is 3.08. The molecule has 1 fully saturated rings. The molecule has 0 aliphatic carbocycles. The Labute approximate surface area is 85.9 Å². The van der Waals surface area contributed by atoms with E-state index < -0.39 is 9.84 Å². The number of rotatable bonds is 5. The number of ether oxygens (including phenoxy) is 1. The van der Waals surface area contributed by atoms with Crippen molar-refractivity contribution in [3.63, 3.8) is 0 Å². The van der Waals surface area contributed by atoms with Crippen molar-refractivity contribution in [1.29, 1.82) is 0 Å². The van der Waals surface area contributed by atoms with Crippen molar-refractivity contribution in [2.24, 2.45) is 0 Å². The van der Waals surface area contributed by atoms with Crippen LogP contribution in [0.5, 0.6) is 0 Å². The first-order valence-corrected chi connectivity index (χ1v) is 6.87. The van der Waals surface area contributed by atoms with Gasteiger partial charge in [-0.25, -0.2) is 8.42 Å². The van der Waals surface area contributed by atoms with Crippen molar-refractivity contribution < 1.29 is 13.2 Å². The summed E-state index contributed by atoms with van der Waals surface area (Å²) in [5, 5.41) is 3.22. The van der Waals surface area contributed by atoms with Crippen LogP contribution in [-0.4, -0.2) is 45.2 Å². The van der Waals surface area contributed by atoms with Gasteiger partial charge in [0.25, 0.3) is 0 Å². The lowest BCUT2D eigenvalue weighted by atomic mass is 10.3. The van der Waals surface area contributed by atoms with Crippen LogP contribution < -0.4 is 5.32 Å².